The maximum atomic E-state index is 12.9. The lowest BCUT2D eigenvalue weighted by atomic mass is 9.89. The molecular weight excluding hydrogens is 348 g/mol. The number of para-hydroxylation sites is 1. The third-order valence-corrected chi connectivity index (χ3v) is 5.75. The minimum atomic E-state index is -0.301. The van der Waals surface area contributed by atoms with Crippen LogP contribution in [0.5, 0.6) is 5.75 Å². The standard InChI is InChI=1S/C24H30N2O2/c1-24(2)16-21(20-8-4-5-9-22(20)28-24)25-23(27)19-12-10-18(11-13-19)17-26-14-6-3-7-15-26/h4-5,8-13,21H,3,6-7,14-17H2,1-2H3,(H,25,27)/t21-/m1/s1. The molecule has 4 nitrogen and oxygen atoms in total. The van der Waals surface area contributed by atoms with E-state index in [9.17, 15) is 4.79 Å². The number of hydrogen-bond donors (Lipinski definition) is 1. The Hall–Kier alpha value is -2.33. The molecule has 1 saturated heterocycles. The van der Waals surface area contributed by atoms with E-state index in [0.717, 1.165) is 24.3 Å². The first kappa shape index (κ1) is 19.0. The molecule has 0 aliphatic carbocycles. The van der Waals surface area contributed by atoms with Gasteiger partial charge in [-0.3, -0.25) is 9.69 Å². The van der Waals surface area contributed by atoms with Gasteiger partial charge in [-0.2, -0.15) is 0 Å². The van der Waals surface area contributed by atoms with Gasteiger partial charge in [0, 0.05) is 24.1 Å². The largest absolute Gasteiger partial charge is 0.487 e. The second kappa shape index (κ2) is 7.96. The van der Waals surface area contributed by atoms with Crippen LogP contribution >= 0.6 is 0 Å². The van der Waals surface area contributed by atoms with E-state index in [1.807, 2.05) is 36.4 Å². The Kier molecular flexibility index (Phi) is 5.40. The van der Waals surface area contributed by atoms with E-state index in [2.05, 4.69) is 36.2 Å². The smallest absolute Gasteiger partial charge is 0.251 e. The fourth-order valence-corrected chi connectivity index (χ4v) is 4.31. The maximum absolute atomic E-state index is 12.9. The molecule has 2 heterocycles. The number of nitrogens with zero attached hydrogens (tertiary/aromatic N) is 1. The Labute approximate surface area is 167 Å². The number of rotatable bonds is 4. The summed E-state index contributed by atoms with van der Waals surface area (Å²) < 4.78 is 6.07. The number of ether oxygens (including phenoxy) is 1. The van der Waals surface area contributed by atoms with Crippen LogP contribution in [0.1, 0.15) is 67.1 Å². The van der Waals surface area contributed by atoms with E-state index in [1.54, 1.807) is 0 Å². The van der Waals surface area contributed by atoms with Crippen LogP contribution in [-0.2, 0) is 6.54 Å². The predicted octanol–water partition coefficient (Wildman–Crippen LogP) is 4.70. The fraction of sp³-hybridized carbons (Fsp3) is 0.458. The molecule has 2 aromatic rings. The zero-order chi connectivity index (χ0) is 19.6. The van der Waals surface area contributed by atoms with Gasteiger partial charge in [0.1, 0.15) is 11.4 Å². The summed E-state index contributed by atoms with van der Waals surface area (Å²) >= 11 is 0. The van der Waals surface area contributed by atoms with Crippen molar-refractivity contribution in [1.29, 1.82) is 0 Å². The van der Waals surface area contributed by atoms with Crippen molar-refractivity contribution in [3.63, 3.8) is 0 Å². The van der Waals surface area contributed by atoms with E-state index in [1.165, 1.54) is 37.9 Å². The topological polar surface area (TPSA) is 41.6 Å². The van der Waals surface area contributed by atoms with E-state index >= 15 is 0 Å². The van der Waals surface area contributed by atoms with Crippen LogP contribution in [0, 0.1) is 0 Å². The van der Waals surface area contributed by atoms with Crippen LogP contribution in [0.15, 0.2) is 48.5 Å². The molecule has 4 heteroatoms. The van der Waals surface area contributed by atoms with Crippen LogP contribution in [0.3, 0.4) is 0 Å². The molecule has 0 radical (unpaired) electrons. The van der Waals surface area contributed by atoms with Crippen LogP contribution in [0.4, 0.5) is 0 Å². The first-order valence-electron chi connectivity index (χ1n) is 10.4. The SMILES string of the molecule is CC1(C)C[C@@H](NC(=O)c2ccc(CN3CCCCC3)cc2)c2ccccc2O1. The molecule has 1 N–H and O–H groups in total. The monoisotopic (exact) mass is 378 g/mol. The van der Waals surface area contributed by atoms with Gasteiger partial charge >= 0.3 is 0 Å². The quantitative estimate of drug-likeness (QED) is 0.838. The van der Waals surface area contributed by atoms with Gasteiger partial charge in [0.25, 0.3) is 5.91 Å². The van der Waals surface area contributed by atoms with Gasteiger partial charge in [-0.1, -0.05) is 36.8 Å². The number of benzene rings is 2. The lowest BCUT2D eigenvalue weighted by Crippen LogP contribution is -2.41. The highest BCUT2D eigenvalue weighted by molar-refractivity contribution is 5.94. The minimum absolute atomic E-state index is 0.0259. The van der Waals surface area contributed by atoms with Crippen molar-refractivity contribution in [3.8, 4) is 5.75 Å². The third kappa shape index (κ3) is 4.39. The van der Waals surface area contributed by atoms with Crippen molar-refractivity contribution in [1.82, 2.24) is 10.2 Å². The first-order valence-corrected chi connectivity index (χ1v) is 10.4. The third-order valence-electron chi connectivity index (χ3n) is 5.75. The molecule has 1 amide bonds. The molecular formula is C24H30N2O2. The molecule has 0 saturated carbocycles. The molecule has 148 valence electrons. The van der Waals surface area contributed by atoms with Gasteiger partial charge < -0.3 is 10.1 Å². The van der Waals surface area contributed by atoms with Crippen molar-refractivity contribution >= 4 is 5.91 Å². The van der Waals surface area contributed by atoms with Crippen molar-refractivity contribution in [3.05, 3.63) is 65.2 Å². The van der Waals surface area contributed by atoms with Crippen molar-refractivity contribution in [2.75, 3.05) is 13.1 Å². The highest BCUT2D eigenvalue weighted by Crippen LogP contribution is 2.39. The Morgan fingerprint density at radius 1 is 1.07 bits per heavy atom. The minimum Gasteiger partial charge on any atom is -0.487 e. The van der Waals surface area contributed by atoms with Gasteiger partial charge in [-0.15, -0.1) is 0 Å². The summed E-state index contributed by atoms with van der Waals surface area (Å²) in [7, 11) is 0. The number of nitrogens with one attached hydrogen (secondary N) is 1. The van der Waals surface area contributed by atoms with E-state index in [0.29, 0.717) is 5.56 Å². The second-order valence-electron chi connectivity index (χ2n) is 8.66. The predicted molar refractivity (Wildman–Crippen MR) is 112 cm³/mol. The molecule has 2 aliphatic rings. The van der Waals surface area contributed by atoms with E-state index in [4.69, 9.17) is 4.74 Å². The molecule has 2 aliphatic heterocycles. The van der Waals surface area contributed by atoms with Crippen molar-refractivity contribution in [2.24, 2.45) is 0 Å². The van der Waals surface area contributed by atoms with Crippen LogP contribution in [0.2, 0.25) is 0 Å². The van der Waals surface area contributed by atoms with Gasteiger partial charge in [0.2, 0.25) is 0 Å². The highest BCUT2D eigenvalue weighted by atomic mass is 16.5. The summed E-state index contributed by atoms with van der Waals surface area (Å²) in [6.07, 6.45) is 4.69. The molecule has 2 aromatic carbocycles. The fourth-order valence-electron chi connectivity index (χ4n) is 4.31. The molecule has 1 fully saturated rings. The van der Waals surface area contributed by atoms with E-state index in [-0.39, 0.29) is 17.6 Å². The normalized spacial score (nSPS) is 21.4. The van der Waals surface area contributed by atoms with Gasteiger partial charge in [0.05, 0.1) is 6.04 Å². The van der Waals surface area contributed by atoms with E-state index < -0.39 is 0 Å². The van der Waals surface area contributed by atoms with Crippen molar-refractivity contribution < 1.29 is 9.53 Å². The number of piperidine rings is 1. The van der Waals surface area contributed by atoms with Crippen LogP contribution in [-0.4, -0.2) is 29.5 Å². The number of carbonyl (C=O) groups excluding carboxylic acids is 1. The Balaban J connectivity index is 1.43. The van der Waals surface area contributed by atoms with Gasteiger partial charge in [-0.25, -0.2) is 0 Å². The molecule has 4 rings (SSSR count). The molecule has 28 heavy (non-hydrogen) atoms. The number of carbonyl (C=O) groups is 1. The summed E-state index contributed by atoms with van der Waals surface area (Å²) in [6.45, 7) is 7.47. The zero-order valence-corrected chi connectivity index (χ0v) is 16.9. The molecule has 0 aromatic heterocycles. The molecule has 1 atom stereocenters. The number of amides is 1. The lowest BCUT2D eigenvalue weighted by Gasteiger charge is -2.37. The summed E-state index contributed by atoms with van der Waals surface area (Å²) in [5.74, 6) is 0.836. The Morgan fingerprint density at radius 3 is 2.54 bits per heavy atom. The van der Waals surface area contributed by atoms with Gasteiger partial charge in [0.15, 0.2) is 0 Å². The summed E-state index contributed by atoms with van der Waals surface area (Å²) in [6, 6.07) is 16.0. The second-order valence-corrected chi connectivity index (χ2v) is 8.66. The Morgan fingerprint density at radius 2 is 1.79 bits per heavy atom. The maximum Gasteiger partial charge on any atom is 0.251 e. The Bertz CT molecular complexity index is 823. The average molecular weight is 379 g/mol. The number of likely N-dealkylation sites (tertiary alicyclic amines) is 1. The van der Waals surface area contributed by atoms with Gasteiger partial charge in [-0.05, 0) is 63.5 Å². The molecule has 0 bridgehead atoms. The zero-order valence-electron chi connectivity index (χ0n) is 16.9. The molecule has 0 spiro atoms. The van der Waals surface area contributed by atoms with Crippen LogP contribution in [0.25, 0.3) is 0 Å². The highest BCUT2D eigenvalue weighted by Gasteiger charge is 2.34. The summed E-state index contributed by atoms with van der Waals surface area (Å²) in [5, 5.41) is 3.22. The average Bonchev–Trinajstić information content (AvgIpc) is 2.68. The molecule has 0 unspecified atom stereocenters. The summed E-state index contributed by atoms with van der Waals surface area (Å²) in [5.41, 5.74) is 2.74. The first-order chi connectivity index (χ1) is 13.5. The lowest BCUT2D eigenvalue weighted by molar-refractivity contribution is 0.0619. The van der Waals surface area contributed by atoms with Crippen LogP contribution < -0.4 is 10.1 Å². The van der Waals surface area contributed by atoms with Crippen molar-refractivity contribution in [2.45, 2.75) is 57.7 Å². The number of fused-ring (bicyclic) bond motifs is 1. The summed E-state index contributed by atoms with van der Waals surface area (Å²) in [4.78, 5) is 15.4. The number of hydrogen-bond acceptors (Lipinski definition) is 3.